The molecule has 0 atom stereocenters. The Hall–Kier alpha value is -3.01. The lowest BCUT2D eigenvalue weighted by atomic mass is 10.1. The van der Waals surface area contributed by atoms with Gasteiger partial charge in [-0.1, -0.05) is 0 Å². The van der Waals surface area contributed by atoms with Crippen LogP contribution in [-0.4, -0.2) is 30.8 Å². The number of hydrogen-bond acceptors (Lipinski definition) is 6. The molecule has 2 N–H and O–H groups in total. The fourth-order valence-electron chi connectivity index (χ4n) is 2.20. The highest BCUT2D eigenvalue weighted by molar-refractivity contribution is 5.86. The van der Waals surface area contributed by atoms with Crippen LogP contribution < -0.4 is 20.1 Å². The molecule has 7 heteroatoms. The SMILES string of the molecule is CC(=O)NCCNc1nc2cc3c(cc2cc1C#N)OCO3. The van der Waals surface area contributed by atoms with Crippen LogP contribution in [0.15, 0.2) is 18.2 Å². The maximum absolute atomic E-state index is 10.8. The van der Waals surface area contributed by atoms with Crippen LogP contribution in [-0.2, 0) is 4.79 Å². The lowest BCUT2D eigenvalue weighted by Crippen LogP contribution is -2.26. The number of ether oxygens (including phenoxy) is 2. The number of carbonyl (C=O) groups is 1. The molecule has 0 spiro atoms. The summed E-state index contributed by atoms with van der Waals surface area (Å²) in [4.78, 5) is 15.3. The molecule has 1 amide bonds. The molecule has 2 heterocycles. The number of hydrogen-bond donors (Lipinski definition) is 2. The van der Waals surface area contributed by atoms with E-state index in [1.807, 2.05) is 6.07 Å². The van der Waals surface area contributed by atoms with Gasteiger partial charge in [-0.15, -0.1) is 0 Å². The predicted octanol–water partition coefficient (Wildman–Crippen LogP) is 1.38. The normalized spacial score (nSPS) is 12.0. The number of nitrogens with zero attached hydrogens (tertiary/aromatic N) is 2. The largest absolute Gasteiger partial charge is 0.454 e. The van der Waals surface area contributed by atoms with Gasteiger partial charge in [0, 0.05) is 31.5 Å². The van der Waals surface area contributed by atoms with Crippen LogP contribution in [0.5, 0.6) is 11.5 Å². The molecule has 1 aromatic carbocycles. The number of pyridine rings is 1. The maximum Gasteiger partial charge on any atom is 0.231 e. The van der Waals surface area contributed by atoms with Crippen LogP contribution in [0, 0.1) is 11.3 Å². The van der Waals surface area contributed by atoms with Gasteiger partial charge in [-0.3, -0.25) is 4.79 Å². The first-order chi connectivity index (χ1) is 10.7. The average molecular weight is 298 g/mol. The zero-order valence-corrected chi connectivity index (χ0v) is 12.0. The highest BCUT2D eigenvalue weighted by Crippen LogP contribution is 2.36. The molecule has 1 aliphatic rings. The van der Waals surface area contributed by atoms with E-state index in [0.717, 1.165) is 5.39 Å². The first-order valence-corrected chi connectivity index (χ1v) is 6.80. The van der Waals surface area contributed by atoms with Crippen molar-refractivity contribution in [2.24, 2.45) is 0 Å². The number of rotatable bonds is 4. The molecule has 0 unspecified atom stereocenters. The van der Waals surface area contributed by atoms with Crippen molar-refractivity contribution in [3.05, 3.63) is 23.8 Å². The molecule has 7 nitrogen and oxygen atoms in total. The lowest BCUT2D eigenvalue weighted by molar-refractivity contribution is -0.118. The third kappa shape index (κ3) is 2.72. The summed E-state index contributed by atoms with van der Waals surface area (Å²) in [5.74, 6) is 1.69. The van der Waals surface area contributed by atoms with Gasteiger partial charge in [0.05, 0.1) is 11.1 Å². The minimum Gasteiger partial charge on any atom is -0.454 e. The summed E-state index contributed by atoms with van der Waals surface area (Å²) < 4.78 is 10.7. The van der Waals surface area contributed by atoms with Gasteiger partial charge in [0.15, 0.2) is 11.5 Å². The minimum atomic E-state index is -0.0958. The molecule has 2 aromatic rings. The molecule has 0 fully saturated rings. The van der Waals surface area contributed by atoms with E-state index < -0.39 is 0 Å². The Labute approximate surface area is 126 Å². The molecule has 3 rings (SSSR count). The highest BCUT2D eigenvalue weighted by atomic mass is 16.7. The molecular weight excluding hydrogens is 284 g/mol. The Balaban J connectivity index is 1.87. The molecule has 0 radical (unpaired) electrons. The number of nitrogens with one attached hydrogen (secondary N) is 2. The van der Waals surface area contributed by atoms with Crippen LogP contribution in [0.25, 0.3) is 10.9 Å². The molecule has 0 aliphatic carbocycles. The standard InChI is InChI=1S/C15H14N4O3/c1-9(20)17-2-3-18-15-11(7-16)4-10-5-13-14(22-8-21-13)6-12(10)19-15/h4-6H,2-3,8H2,1H3,(H,17,20)(H,18,19). The fraction of sp³-hybridized carbons (Fsp3) is 0.267. The van der Waals surface area contributed by atoms with Crippen molar-refractivity contribution in [1.82, 2.24) is 10.3 Å². The van der Waals surface area contributed by atoms with Gasteiger partial charge in [0.25, 0.3) is 0 Å². The Morgan fingerprint density at radius 3 is 2.82 bits per heavy atom. The Morgan fingerprint density at radius 2 is 2.09 bits per heavy atom. The molecule has 1 aliphatic heterocycles. The molecule has 1 aromatic heterocycles. The third-order valence-corrected chi connectivity index (χ3v) is 3.22. The monoisotopic (exact) mass is 298 g/mol. The second-order valence-corrected chi connectivity index (χ2v) is 4.80. The van der Waals surface area contributed by atoms with Gasteiger partial charge in [-0.25, -0.2) is 4.98 Å². The molecule has 22 heavy (non-hydrogen) atoms. The van der Waals surface area contributed by atoms with Gasteiger partial charge in [-0.2, -0.15) is 5.26 Å². The molecule has 112 valence electrons. The van der Waals surface area contributed by atoms with Crippen molar-refractivity contribution < 1.29 is 14.3 Å². The summed E-state index contributed by atoms with van der Waals surface area (Å²) in [6.07, 6.45) is 0. The summed E-state index contributed by atoms with van der Waals surface area (Å²) in [7, 11) is 0. The van der Waals surface area contributed by atoms with E-state index in [1.165, 1.54) is 6.92 Å². The first-order valence-electron chi connectivity index (χ1n) is 6.80. The summed E-state index contributed by atoms with van der Waals surface area (Å²) in [5.41, 5.74) is 1.15. The van der Waals surface area contributed by atoms with Crippen LogP contribution in [0.3, 0.4) is 0 Å². The van der Waals surface area contributed by atoms with Crippen LogP contribution >= 0.6 is 0 Å². The molecule has 0 saturated carbocycles. The molecular formula is C15H14N4O3. The quantitative estimate of drug-likeness (QED) is 0.828. The van der Waals surface area contributed by atoms with Crippen molar-refractivity contribution >= 4 is 22.6 Å². The Kier molecular flexibility index (Phi) is 3.66. The van der Waals surface area contributed by atoms with E-state index in [2.05, 4.69) is 21.7 Å². The number of carbonyl (C=O) groups excluding carboxylic acids is 1. The summed E-state index contributed by atoms with van der Waals surface area (Å²) in [6, 6.07) is 7.48. The number of aromatic nitrogens is 1. The van der Waals surface area contributed by atoms with Crippen molar-refractivity contribution in [1.29, 1.82) is 5.26 Å². The molecule has 0 saturated heterocycles. The summed E-state index contributed by atoms with van der Waals surface area (Å²) >= 11 is 0. The molecule has 0 bridgehead atoms. The summed E-state index contributed by atoms with van der Waals surface area (Å²) in [6.45, 7) is 2.59. The van der Waals surface area contributed by atoms with E-state index in [-0.39, 0.29) is 12.7 Å². The van der Waals surface area contributed by atoms with Gasteiger partial charge in [-0.05, 0) is 12.1 Å². The van der Waals surface area contributed by atoms with Gasteiger partial charge in [0.1, 0.15) is 11.9 Å². The third-order valence-electron chi connectivity index (χ3n) is 3.22. The zero-order valence-electron chi connectivity index (χ0n) is 12.0. The van der Waals surface area contributed by atoms with Gasteiger partial charge >= 0.3 is 0 Å². The minimum absolute atomic E-state index is 0.0958. The lowest BCUT2D eigenvalue weighted by Gasteiger charge is -2.09. The van der Waals surface area contributed by atoms with E-state index in [4.69, 9.17) is 9.47 Å². The first kappa shape index (κ1) is 13.9. The van der Waals surface area contributed by atoms with Gasteiger partial charge < -0.3 is 20.1 Å². The number of fused-ring (bicyclic) bond motifs is 2. The van der Waals surface area contributed by atoms with Crippen LogP contribution in [0.2, 0.25) is 0 Å². The van der Waals surface area contributed by atoms with E-state index in [0.29, 0.717) is 41.5 Å². The second kappa shape index (κ2) is 5.77. The number of nitriles is 1. The van der Waals surface area contributed by atoms with Crippen LogP contribution in [0.1, 0.15) is 12.5 Å². The van der Waals surface area contributed by atoms with Crippen molar-refractivity contribution in [3.8, 4) is 17.6 Å². The number of benzene rings is 1. The van der Waals surface area contributed by atoms with E-state index in [1.54, 1.807) is 12.1 Å². The fourth-order valence-corrected chi connectivity index (χ4v) is 2.20. The maximum atomic E-state index is 10.8. The van der Waals surface area contributed by atoms with Crippen molar-refractivity contribution in [2.45, 2.75) is 6.92 Å². The zero-order chi connectivity index (χ0) is 15.5. The van der Waals surface area contributed by atoms with Gasteiger partial charge in [0.2, 0.25) is 12.7 Å². The van der Waals surface area contributed by atoms with E-state index in [9.17, 15) is 10.1 Å². The topological polar surface area (TPSA) is 96.3 Å². The second-order valence-electron chi connectivity index (χ2n) is 4.80. The van der Waals surface area contributed by atoms with Crippen LogP contribution in [0.4, 0.5) is 5.82 Å². The Bertz CT molecular complexity index is 782. The predicted molar refractivity (Wildman–Crippen MR) is 79.8 cm³/mol. The number of amides is 1. The average Bonchev–Trinajstić information content (AvgIpc) is 2.95. The van der Waals surface area contributed by atoms with E-state index >= 15 is 0 Å². The highest BCUT2D eigenvalue weighted by Gasteiger charge is 2.16. The Morgan fingerprint density at radius 1 is 1.32 bits per heavy atom. The van der Waals surface area contributed by atoms with Crippen molar-refractivity contribution in [3.63, 3.8) is 0 Å². The smallest absolute Gasteiger partial charge is 0.231 e. The summed E-state index contributed by atoms with van der Waals surface area (Å²) in [5, 5.41) is 15.8. The van der Waals surface area contributed by atoms with Crippen molar-refractivity contribution in [2.75, 3.05) is 25.2 Å². The number of anilines is 1.